The lowest BCUT2D eigenvalue weighted by molar-refractivity contribution is 0.100. The first kappa shape index (κ1) is 12.1. The SMILES string of the molecule is CCC1=N[N]C(=NC(=O)c2cccc(Cl)c2)S1. The molecule has 0 fully saturated rings. The third-order valence-electron chi connectivity index (χ3n) is 2.03. The van der Waals surface area contributed by atoms with E-state index < -0.39 is 0 Å². The maximum Gasteiger partial charge on any atom is 0.279 e. The lowest BCUT2D eigenvalue weighted by Gasteiger charge is -1.96. The number of benzene rings is 1. The molecule has 17 heavy (non-hydrogen) atoms. The standard InChI is InChI=1S/C11H9ClN3OS/c1-2-9-14-15-11(17-9)13-10(16)7-4-3-5-8(12)6-7/h3-6H,2H2,1H3. The van der Waals surface area contributed by atoms with E-state index in [9.17, 15) is 4.79 Å². The van der Waals surface area contributed by atoms with Crippen LogP contribution in [0.5, 0.6) is 0 Å². The molecule has 4 nitrogen and oxygen atoms in total. The van der Waals surface area contributed by atoms with Gasteiger partial charge in [-0.05, 0) is 36.4 Å². The molecule has 1 aliphatic heterocycles. The van der Waals surface area contributed by atoms with Crippen LogP contribution < -0.4 is 5.43 Å². The lowest BCUT2D eigenvalue weighted by atomic mass is 10.2. The number of hydrogen-bond acceptors (Lipinski definition) is 3. The van der Waals surface area contributed by atoms with Crippen molar-refractivity contribution in [2.45, 2.75) is 13.3 Å². The smallest absolute Gasteiger partial charge is 0.267 e. The molecule has 6 heteroatoms. The minimum absolute atomic E-state index is 0.355. The number of rotatable bonds is 2. The molecule has 0 unspecified atom stereocenters. The van der Waals surface area contributed by atoms with Crippen LogP contribution in [0, 0.1) is 0 Å². The summed E-state index contributed by atoms with van der Waals surface area (Å²) in [7, 11) is 0. The van der Waals surface area contributed by atoms with Gasteiger partial charge in [-0.2, -0.15) is 4.99 Å². The number of amides is 1. The van der Waals surface area contributed by atoms with Crippen LogP contribution in [-0.4, -0.2) is 16.1 Å². The van der Waals surface area contributed by atoms with Crippen LogP contribution in [-0.2, 0) is 0 Å². The van der Waals surface area contributed by atoms with Crippen molar-refractivity contribution in [3.8, 4) is 0 Å². The van der Waals surface area contributed by atoms with Gasteiger partial charge in [-0.1, -0.05) is 24.6 Å². The molecule has 1 amide bonds. The van der Waals surface area contributed by atoms with E-state index in [2.05, 4.69) is 15.5 Å². The summed E-state index contributed by atoms with van der Waals surface area (Å²) in [5, 5.41) is 5.65. The average Bonchev–Trinajstić information content (AvgIpc) is 2.77. The third kappa shape index (κ3) is 3.08. The summed E-state index contributed by atoms with van der Waals surface area (Å²) >= 11 is 7.12. The molecule has 0 aromatic heterocycles. The Morgan fingerprint density at radius 1 is 1.53 bits per heavy atom. The zero-order valence-electron chi connectivity index (χ0n) is 9.05. The van der Waals surface area contributed by atoms with E-state index in [1.165, 1.54) is 11.8 Å². The molecule has 1 aromatic carbocycles. The summed E-state index contributed by atoms with van der Waals surface area (Å²) in [4.78, 5) is 15.7. The predicted octanol–water partition coefficient (Wildman–Crippen LogP) is 2.91. The first-order valence-electron chi connectivity index (χ1n) is 5.03. The van der Waals surface area contributed by atoms with Gasteiger partial charge in [0.1, 0.15) is 5.04 Å². The summed E-state index contributed by atoms with van der Waals surface area (Å²) in [5.74, 6) is -0.355. The van der Waals surface area contributed by atoms with Crippen molar-refractivity contribution in [3.05, 3.63) is 34.9 Å². The van der Waals surface area contributed by atoms with Crippen molar-refractivity contribution in [2.75, 3.05) is 0 Å². The summed E-state index contributed by atoms with van der Waals surface area (Å²) < 4.78 is 0. The van der Waals surface area contributed by atoms with E-state index in [0.29, 0.717) is 15.8 Å². The van der Waals surface area contributed by atoms with E-state index >= 15 is 0 Å². The largest absolute Gasteiger partial charge is 0.279 e. The van der Waals surface area contributed by atoms with Crippen LogP contribution in [0.15, 0.2) is 34.4 Å². The second-order valence-electron chi connectivity index (χ2n) is 3.26. The molecular formula is C11H9ClN3OS. The van der Waals surface area contributed by atoms with Crippen molar-refractivity contribution in [1.82, 2.24) is 5.43 Å². The van der Waals surface area contributed by atoms with Gasteiger partial charge in [0, 0.05) is 10.6 Å². The maximum absolute atomic E-state index is 11.8. The van der Waals surface area contributed by atoms with Gasteiger partial charge in [-0.3, -0.25) is 4.79 Å². The minimum atomic E-state index is -0.355. The highest BCUT2D eigenvalue weighted by molar-refractivity contribution is 8.26. The van der Waals surface area contributed by atoms with Crippen LogP contribution >= 0.6 is 23.4 Å². The number of thioether (sulfide) groups is 1. The monoisotopic (exact) mass is 266 g/mol. The number of nitrogens with zero attached hydrogens (tertiary/aromatic N) is 3. The van der Waals surface area contributed by atoms with Gasteiger partial charge in [-0.15, -0.1) is 10.5 Å². The summed E-state index contributed by atoms with van der Waals surface area (Å²) in [6.45, 7) is 1.98. The van der Waals surface area contributed by atoms with Gasteiger partial charge in [0.25, 0.3) is 5.91 Å². The molecule has 0 spiro atoms. The number of aliphatic imine (C=N–C) groups is 1. The van der Waals surface area contributed by atoms with Crippen molar-refractivity contribution in [2.24, 2.45) is 10.1 Å². The molecule has 2 rings (SSSR count). The topological polar surface area (TPSA) is 55.9 Å². The number of carbonyl (C=O) groups is 1. The Hall–Kier alpha value is -1.33. The van der Waals surface area contributed by atoms with Crippen LogP contribution in [0.25, 0.3) is 0 Å². The van der Waals surface area contributed by atoms with Crippen molar-refractivity contribution in [1.29, 1.82) is 0 Å². The van der Waals surface area contributed by atoms with Crippen molar-refractivity contribution < 1.29 is 4.79 Å². The Balaban J connectivity index is 2.10. The van der Waals surface area contributed by atoms with E-state index in [-0.39, 0.29) is 5.91 Å². The summed E-state index contributed by atoms with van der Waals surface area (Å²) in [6.07, 6.45) is 0.790. The molecule has 0 bridgehead atoms. The molecule has 1 aromatic rings. The fourth-order valence-corrected chi connectivity index (χ4v) is 2.04. The second-order valence-corrected chi connectivity index (χ2v) is 4.74. The van der Waals surface area contributed by atoms with Gasteiger partial charge in [-0.25, -0.2) is 0 Å². The Bertz CT molecular complexity index is 513. The van der Waals surface area contributed by atoms with Crippen molar-refractivity contribution in [3.63, 3.8) is 0 Å². The van der Waals surface area contributed by atoms with E-state index in [1.54, 1.807) is 24.3 Å². The predicted molar refractivity (Wildman–Crippen MR) is 70.7 cm³/mol. The van der Waals surface area contributed by atoms with Gasteiger partial charge >= 0.3 is 0 Å². The van der Waals surface area contributed by atoms with Gasteiger partial charge in [0.2, 0.25) is 5.17 Å². The highest BCUT2D eigenvalue weighted by Gasteiger charge is 2.16. The Morgan fingerprint density at radius 3 is 3.00 bits per heavy atom. The molecule has 87 valence electrons. The first-order valence-corrected chi connectivity index (χ1v) is 6.22. The highest BCUT2D eigenvalue weighted by atomic mass is 35.5. The van der Waals surface area contributed by atoms with Crippen LogP contribution in [0.4, 0.5) is 0 Å². The molecular weight excluding hydrogens is 258 g/mol. The normalized spacial score (nSPS) is 16.8. The molecule has 1 heterocycles. The number of hydrogen-bond donors (Lipinski definition) is 0. The fraction of sp³-hybridized carbons (Fsp3) is 0.182. The Labute approximate surface area is 108 Å². The Kier molecular flexibility index (Phi) is 3.81. The van der Waals surface area contributed by atoms with E-state index in [0.717, 1.165) is 11.5 Å². The van der Waals surface area contributed by atoms with Gasteiger partial charge in [0.15, 0.2) is 0 Å². The lowest BCUT2D eigenvalue weighted by Crippen LogP contribution is -2.05. The molecule has 0 N–H and O–H groups in total. The molecule has 0 saturated carbocycles. The average molecular weight is 267 g/mol. The van der Waals surface area contributed by atoms with Gasteiger partial charge in [0.05, 0.1) is 0 Å². The zero-order chi connectivity index (χ0) is 12.3. The molecule has 0 atom stereocenters. The summed E-state index contributed by atoms with van der Waals surface area (Å²) in [6, 6.07) is 6.66. The number of halogens is 1. The fourth-order valence-electron chi connectivity index (χ4n) is 1.21. The minimum Gasteiger partial charge on any atom is -0.267 e. The highest BCUT2D eigenvalue weighted by Crippen LogP contribution is 2.17. The van der Waals surface area contributed by atoms with Crippen LogP contribution in [0.1, 0.15) is 23.7 Å². The molecule has 1 radical (unpaired) electrons. The third-order valence-corrected chi connectivity index (χ3v) is 3.22. The molecule has 0 saturated heterocycles. The van der Waals surface area contributed by atoms with E-state index in [4.69, 9.17) is 11.6 Å². The second kappa shape index (κ2) is 5.33. The van der Waals surface area contributed by atoms with Crippen LogP contribution in [0.2, 0.25) is 5.02 Å². The molecule has 1 aliphatic rings. The first-order chi connectivity index (χ1) is 8.19. The number of amidine groups is 1. The Morgan fingerprint density at radius 2 is 2.35 bits per heavy atom. The molecule has 0 aliphatic carbocycles. The summed E-state index contributed by atoms with van der Waals surface area (Å²) in [5.41, 5.74) is 4.27. The van der Waals surface area contributed by atoms with Crippen LogP contribution in [0.3, 0.4) is 0 Å². The quantitative estimate of drug-likeness (QED) is 0.826. The number of carbonyl (C=O) groups excluding carboxylic acids is 1. The maximum atomic E-state index is 11.8. The van der Waals surface area contributed by atoms with E-state index in [1.807, 2.05) is 6.92 Å². The van der Waals surface area contributed by atoms with Crippen molar-refractivity contribution >= 4 is 39.5 Å². The zero-order valence-corrected chi connectivity index (χ0v) is 10.6. The van der Waals surface area contributed by atoms with Gasteiger partial charge < -0.3 is 0 Å².